The van der Waals surface area contributed by atoms with Crippen LogP contribution in [0.5, 0.6) is 0 Å². The van der Waals surface area contributed by atoms with Crippen LogP contribution in [0.4, 0.5) is 0 Å². The SMILES string of the molecule is CC(NC(=O)C1CCCN1C(=O)C(O)C(C)(C)C)c1cc(Cl)ccc1CN. The van der Waals surface area contributed by atoms with E-state index >= 15 is 0 Å². The molecule has 2 amide bonds. The number of halogens is 1. The van der Waals surface area contributed by atoms with Gasteiger partial charge in [-0.15, -0.1) is 0 Å². The maximum absolute atomic E-state index is 12.8. The van der Waals surface area contributed by atoms with Crippen LogP contribution in [0.15, 0.2) is 18.2 Å². The number of likely N-dealkylation sites (tertiary alicyclic amines) is 1. The fourth-order valence-corrected chi connectivity index (χ4v) is 3.55. The topological polar surface area (TPSA) is 95.7 Å². The highest BCUT2D eigenvalue weighted by molar-refractivity contribution is 6.30. The van der Waals surface area contributed by atoms with Gasteiger partial charge in [0.2, 0.25) is 5.91 Å². The predicted octanol–water partition coefficient (Wildman–Crippen LogP) is 2.37. The second-order valence-electron chi connectivity index (χ2n) is 8.24. The van der Waals surface area contributed by atoms with E-state index in [1.54, 1.807) is 32.9 Å². The van der Waals surface area contributed by atoms with E-state index in [0.717, 1.165) is 17.5 Å². The smallest absolute Gasteiger partial charge is 0.252 e. The van der Waals surface area contributed by atoms with Crippen molar-refractivity contribution >= 4 is 23.4 Å². The molecule has 1 aliphatic rings. The molecular weight excluding hydrogens is 366 g/mol. The van der Waals surface area contributed by atoms with E-state index in [2.05, 4.69) is 5.32 Å². The molecule has 0 radical (unpaired) electrons. The molecule has 4 N–H and O–H groups in total. The maximum atomic E-state index is 12.8. The van der Waals surface area contributed by atoms with Crippen LogP contribution in [0.25, 0.3) is 0 Å². The fraction of sp³-hybridized carbons (Fsp3) is 0.600. The van der Waals surface area contributed by atoms with Gasteiger partial charge in [0, 0.05) is 18.1 Å². The fourth-order valence-electron chi connectivity index (χ4n) is 3.37. The van der Waals surface area contributed by atoms with Gasteiger partial charge in [-0.2, -0.15) is 0 Å². The van der Waals surface area contributed by atoms with Crippen molar-refractivity contribution in [1.29, 1.82) is 0 Å². The van der Waals surface area contributed by atoms with E-state index in [-0.39, 0.29) is 11.9 Å². The van der Waals surface area contributed by atoms with E-state index in [1.807, 2.05) is 13.0 Å². The standard InChI is InChI=1S/C20H30ClN3O3/c1-12(15-10-14(21)8-7-13(15)11-22)23-18(26)16-6-5-9-24(16)19(27)17(25)20(2,3)4/h7-8,10,12,16-17,25H,5-6,9,11,22H2,1-4H3,(H,23,26). The van der Waals surface area contributed by atoms with E-state index in [0.29, 0.717) is 24.5 Å². The van der Waals surface area contributed by atoms with Gasteiger partial charge in [-0.1, -0.05) is 38.4 Å². The van der Waals surface area contributed by atoms with Gasteiger partial charge in [0.15, 0.2) is 0 Å². The molecule has 1 aromatic carbocycles. The van der Waals surface area contributed by atoms with Gasteiger partial charge in [-0.3, -0.25) is 9.59 Å². The average molecular weight is 396 g/mol. The first-order valence-corrected chi connectivity index (χ1v) is 9.71. The molecule has 1 heterocycles. The molecule has 0 aliphatic carbocycles. The Labute approximate surface area is 166 Å². The molecule has 1 saturated heterocycles. The number of nitrogens with one attached hydrogen (secondary N) is 1. The molecule has 6 nitrogen and oxygen atoms in total. The number of hydrogen-bond acceptors (Lipinski definition) is 4. The van der Waals surface area contributed by atoms with Crippen molar-refractivity contribution in [3.63, 3.8) is 0 Å². The van der Waals surface area contributed by atoms with Crippen LogP contribution in [0.1, 0.15) is 57.7 Å². The van der Waals surface area contributed by atoms with Crippen LogP contribution < -0.4 is 11.1 Å². The van der Waals surface area contributed by atoms with Crippen LogP contribution in [0.2, 0.25) is 5.02 Å². The molecule has 1 aliphatic heterocycles. The lowest BCUT2D eigenvalue weighted by molar-refractivity contribution is -0.150. The first-order chi connectivity index (χ1) is 12.6. The van der Waals surface area contributed by atoms with Gasteiger partial charge in [0.25, 0.3) is 5.91 Å². The Morgan fingerprint density at radius 1 is 1.41 bits per heavy atom. The van der Waals surface area contributed by atoms with Crippen molar-refractivity contribution in [1.82, 2.24) is 10.2 Å². The highest BCUT2D eigenvalue weighted by atomic mass is 35.5. The summed E-state index contributed by atoms with van der Waals surface area (Å²) in [6.45, 7) is 8.10. The summed E-state index contributed by atoms with van der Waals surface area (Å²) in [6, 6.07) is 4.56. The minimum Gasteiger partial charge on any atom is -0.383 e. The summed E-state index contributed by atoms with van der Waals surface area (Å²) < 4.78 is 0. The lowest BCUT2D eigenvalue weighted by Crippen LogP contribution is -2.52. The quantitative estimate of drug-likeness (QED) is 0.713. The Morgan fingerprint density at radius 2 is 2.07 bits per heavy atom. The van der Waals surface area contributed by atoms with Crippen LogP contribution in [-0.2, 0) is 16.1 Å². The monoisotopic (exact) mass is 395 g/mol. The van der Waals surface area contributed by atoms with Crippen molar-refractivity contribution in [2.75, 3.05) is 6.54 Å². The van der Waals surface area contributed by atoms with Gasteiger partial charge >= 0.3 is 0 Å². The number of rotatable bonds is 5. The number of amides is 2. The second-order valence-corrected chi connectivity index (χ2v) is 8.67. The van der Waals surface area contributed by atoms with E-state index in [1.165, 1.54) is 4.90 Å². The first-order valence-electron chi connectivity index (χ1n) is 9.33. The third-order valence-corrected chi connectivity index (χ3v) is 5.28. The summed E-state index contributed by atoms with van der Waals surface area (Å²) in [4.78, 5) is 27.0. The maximum Gasteiger partial charge on any atom is 0.252 e. The van der Waals surface area contributed by atoms with Crippen molar-refractivity contribution in [2.24, 2.45) is 11.1 Å². The van der Waals surface area contributed by atoms with Crippen molar-refractivity contribution in [3.05, 3.63) is 34.3 Å². The number of hydrogen-bond donors (Lipinski definition) is 3. The van der Waals surface area contributed by atoms with Crippen molar-refractivity contribution < 1.29 is 14.7 Å². The van der Waals surface area contributed by atoms with Crippen LogP contribution in [0.3, 0.4) is 0 Å². The number of carbonyl (C=O) groups excluding carboxylic acids is 2. The molecule has 0 bridgehead atoms. The Bertz CT molecular complexity index is 702. The number of nitrogens with two attached hydrogens (primary N) is 1. The number of aliphatic hydroxyl groups excluding tert-OH is 1. The summed E-state index contributed by atoms with van der Waals surface area (Å²) in [5.74, 6) is -0.615. The lowest BCUT2D eigenvalue weighted by atomic mass is 9.88. The normalized spacial score (nSPS) is 19.7. The van der Waals surface area contributed by atoms with E-state index in [9.17, 15) is 14.7 Å². The zero-order chi connectivity index (χ0) is 20.4. The van der Waals surface area contributed by atoms with Crippen molar-refractivity contribution in [2.45, 2.75) is 65.3 Å². The van der Waals surface area contributed by atoms with E-state index < -0.39 is 23.5 Å². The predicted molar refractivity (Wildman–Crippen MR) is 106 cm³/mol. The Hall–Kier alpha value is -1.63. The van der Waals surface area contributed by atoms with Crippen molar-refractivity contribution in [3.8, 4) is 0 Å². The molecule has 7 heteroatoms. The van der Waals surface area contributed by atoms with Crippen LogP contribution >= 0.6 is 11.6 Å². The average Bonchev–Trinajstić information content (AvgIpc) is 3.09. The molecule has 27 heavy (non-hydrogen) atoms. The summed E-state index contributed by atoms with van der Waals surface area (Å²) in [5, 5.41) is 13.9. The summed E-state index contributed by atoms with van der Waals surface area (Å²) >= 11 is 6.09. The molecule has 0 saturated carbocycles. The van der Waals surface area contributed by atoms with Crippen LogP contribution in [0, 0.1) is 5.41 Å². The minimum atomic E-state index is -1.14. The van der Waals surface area contributed by atoms with Gasteiger partial charge in [-0.25, -0.2) is 0 Å². The number of aliphatic hydroxyl groups is 1. The highest BCUT2D eigenvalue weighted by Gasteiger charge is 2.40. The van der Waals surface area contributed by atoms with Gasteiger partial charge in [0.1, 0.15) is 12.1 Å². The summed E-state index contributed by atoms with van der Waals surface area (Å²) in [6.07, 6.45) is 0.181. The third-order valence-electron chi connectivity index (χ3n) is 5.05. The molecule has 150 valence electrons. The zero-order valence-electron chi connectivity index (χ0n) is 16.5. The molecule has 2 rings (SSSR count). The third kappa shape index (κ3) is 5.00. The molecule has 1 aromatic rings. The largest absolute Gasteiger partial charge is 0.383 e. The van der Waals surface area contributed by atoms with Gasteiger partial charge < -0.3 is 21.1 Å². The van der Waals surface area contributed by atoms with Crippen LogP contribution in [-0.4, -0.2) is 40.5 Å². The minimum absolute atomic E-state index is 0.225. The molecular formula is C20H30ClN3O3. The Kier molecular flexibility index (Phi) is 6.89. The molecule has 0 aromatic heterocycles. The number of nitrogens with zero attached hydrogens (tertiary/aromatic N) is 1. The Balaban J connectivity index is 2.13. The molecule has 3 unspecified atom stereocenters. The van der Waals surface area contributed by atoms with Gasteiger partial charge in [-0.05, 0) is 48.4 Å². The highest BCUT2D eigenvalue weighted by Crippen LogP contribution is 2.27. The number of carbonyl (C=O) groups is 2. The first kappa shape index (κ1) is 21.7. The Morgan fingerprint density at radius 3 is 2.67 bits per heavy atom. The summed E-state index contributed by atoms with van der Waals surface area (Å²) in [7, 11) is 0. The second kappa shape index (κ2) is 8.59. The molecule has 1 fully saturated rings. The number of benzene rings is 1. The lowest BCUT2D eigenvalue weighted by Gasteiger charge is -2.32. The molecule has 3 atom stereocenters. The zero-order valence-corrected chi connectivity index (χ0v) is 17.2. The molecule has 0 spiro atoms. The van der Waals surface area contributed by atoms with E-state index in [4.69, 9.17) is 17.3 Å². The summed E-state index contributed by atoms with van der Waals surface area (Å²) in [5.41, 5.74) is 6.99. The van der Waals surface area contributed by atoms with Gasteiger partial charge in [0.05, 0.1) is 6.04 Å².